The first-order chi connectivity index (χ1) is 19.8. The minimum atomic E-state index is -1.08. The van der Waals surface area contributed by atoms with Gasteiger partial charge in [-0.15, -0.1) is 0 Å². The third-order valence-corrected chi connectivity index (χ3v) is 8.18. The average Bonchev–Trinajstić information content (AvgIpc) is 3.85. The number of likely N-dealkylation sites (N-methyl/N-ethyl adjacent to an activating group) is 1. The molecule has 3 rings (SSSR count). The molecule has 11 nitrogen and oxygen atoms in total. The fourth-order valence-corrected chi connectivity index (χ4v) is 5.07. The zero-order valence-corrected chi connectivity index (χ0v) is 25.7. The zero-order valence-electron chi connectivity index (χ0n) is 24.9. The smallest absolute Gasteiger partial charge is 0.289 e. The molecule has 1 saturated carbocycles. The molecule has 1 unspecified atom stereocenters. The maximum Gasteiger partial charge on any atom is 0.289 e. The number of hydrogen-bond acceptors (Lipinski definition) is 9. The Morgan fingerprint density at radius 3 is 2.32 bits per heavy atom. The van der Waals surface area contributed by atoms with Crippen molar-refractivity contribution in [3.05, 3.63) is 48.1 Å². The first-order valence-electron chi connectivity index (χ1n) is 14.1. The van der Waals surface area contributed by atoms with Crippen molar-refractivity contribution in [1.29, 1.82) is 0 Å². The van der Waals surface area contributed by atoms with E-state index in [1.165, 1.54) is 7.11 Å². The molecule has 2 heterocycles. The summed E-state index contributed by atoms with van der Waals surface area (Å²) in [5.41, 5.74) is 8.81. The molecular weight excluding hydrogens is 540 g/mol. The molecule has 0 radical (unpaired) electrons. The molecule has 2 aromatic rings. The van der Waals surface area contributed by atoms with E-state index in [0.717, 1.165) is 31.4 Å². The zero-order chi connectivity index (χ0) is 29.9. The van der Waals surface area contributed by atoms with Crippen molar-refractivity contribution >= 4 is 39.5 Å². The SMILES string of the molecule is CCN=C(/C(=C(\N)OC)c1ncc(NC(=NCc2ccc(S(=O)CC)cn2)C(=O)N(C)C(CC)CC)cn1)C1CC1. The number of pyridine rings is 1. The second-order valence-electron chi connectivity index (χ2n) is 9.67. The molecule has 1 fully saturated rings. The van der Waals surface area contributed by atoms with E-state index < -0.39 is 10.8 Å². The number of nitrogens with one attached hydrogen (secondary N) is 1. The summed E-state index contributed by atoms with van der Waals surface area (Å²) in [4.78, 5) is 38.6. The van der Waals surface area contributed by atoms with E-state index in [4.69, 9.17) is 10.5 Å². The number of nitrogens with two attached hydrogens (primary N) is 1. The van der Waals surface area contributed by atoms with Gasteiger partial charge in [0.1, 0.15) is 0 Å². The maximum atomic E-state index is 13.5. The number of ether oxygens (including phenoxy) is 1. The highest BCUT2D eigenvalue weighted by atomic mass is 32.2. The lowest BCUT2D eigenvalue weighted by Gasteiger charge is -2.27. The molecule has 0 aromatic carbocycles. The Bertz CT molecular complexity index is 1280. The molecule has 1 atom stereocenters. The van der Waals surface area contributed by atoms with E-state index in [0.29, 0.717) is 45.9 Å². The molecule has 41 heavy (non-hydrogen) atoms. The van der Waals surface area contributed by atoms with Crippen LogP contribution in [0.2, 0.25) is 0 Å². The van der Waals surface area contributed by atoms with Gasteiger partial charge in [-0.1, -0.05) is 20.8 Å². The molecule has 0 aliphatic heterocycles. The minimum Gasteiger partial charge on any atom is -0.482 e. The molecule has 0 spiro atoms. The van der Waals surface area contributed by atoms with E-state index in [-0.39, 0.29) is 30.2 Å². The minimum absolute atomic E-state index is 0.0676. The van der Waals surface area contributed by atoms with Gasteiger partial charge in [0, 0.05) is 37.5 Å². The van der Waals surface area contributed by atoms with Crippen molar-refractivity contribution in [2.24, 2.45) is 21.6 Å². The van der Waals surface area contributed by atoms with Crippen LogP contribution in [0.15, 0.2) is 51.5 Å². The number of aliphatic imine (C=N–C) groups is 2. The number of aromatic nitrogens is 3. The van der Waals surface area contributed by atoms with Crippen LogP contribution in [-0.4, -0.2) is 74.0 Å². The van der Waals surface area contributed by atoms with Crippen molar-refractivity contribution in [3.8, 4) is 0 Å². The van der Waals surface area contributed by atoms with Crippen LogP contribution in [0.1, 0.15) is 64.9 Å². The van der Waals surface area contributed by atoms with Crippen LogP contribution in [0.3, 0.4) is 0 Å². The Morgan fingerprint density at radius 1 is 1.12 bits per heavy atom. The van der Waals surface area contributed by atoms with E-state index in [1.54, 1.807) is 42.7 Å². The van der Waals surface area contributed by atoms with E-state index in [1.807, 2.05) is 13.8 Å². The standard InChI is InChI=1S/C29H42N8O3S/c1-7-22(8-2)37(5)29(38)28(35-15-20-13-14-23(18-32-20)41(39)10-4)36-21-16-33-27(34-17-21)24(26(30)40-6)25(31-9-3)19-11-12-19/h13-14,16-19,22H,7-12,15,30H2,1-6H3,(H,35,36)/b26-24-,31-25?. The molecule has 1 amide bonds. The number of rotatable bonds is 13. The largest absolute Gasteiger partial charge is 0.482 e. The van der Waals surface area contributed by atoms with Crippen LogP contribution in [0.25, 0.3) is 5.57 Å². The summed E-state index contributed by atoms with van der Waals surface area (Å²) >= 11 is 0. The lowest BCUT2D eigenvalue weighted by molar-refractivity contribution is -0.125. The van der Waals surface area contributed by atoms with Crippen molar-refractivity contribution in [2.45, 2.75) is 70.9 Å². The molecule has 12 heteroatoms. The van der Waals surface area contributed by atoms with Crippen molar-refractivity contribution in [2.75, 3.05) is 31.8 Å². The molecule has 0 bridgehead atoms. The number of amides is 1. The normalized spacial score (nSPS) is 15.4. The Hall–Kier alpha value is -3.67. The van der Waals surface area contributed by atoms with Crippen LogP contribution in [0.5, 0.6) is 0 Å². The van der Waals surface area contributed by atoms with Gasteiger partial charge < -0.3 is 20.7 Å². The van der Waals surface area contributed by atoms with Gasteiger partial charge in [-0.25, -0.2) is 9.97 Å². The van der Waals surface area contributed by atoms with Crippen molar-refractivity contribution in [1.82, 2.24) is 19.9 Å². The number of nitrogens with zero attached hydrogens (tertiary/aromatic N) is 6. The summed E-state index contributed by atoms with van der Waals surface area (Å²) < 4.78 is 17.4. The second-order valence-corrected chi connectivity index (χ2v) is 11.4. The highest BCUT2D eigenvalue weighted by Crippen LogP contribution is 2.36. The fraction of sp³-hybridized carbons (Fsp3) is 0.517. The average molecular weight is 583 g/mol. The van der Waals surface area contributed by atoms with E-state index >= 15 is 0 Å². The number of carbonyl (C=O) groups is 1. The van der Waals surface area contributed by atoms with Crippen LogP contribution < -0.4 is 11.1 Å². The molecule has 1 aliphatic carbocycles. The maximum absolute atomic E-state index is 13.5. The van der Waals surface area contributed by atoms with Crippen LogP contribution >= 0.6 is 0 Å². The summed E-state index contributed by atoms with van der Waals surface area (Å²) in [7, 11) is 2.21. The summed E-state index contributed by atoms with van der Waals surface area (Å²) in [5, 5.41) is 3.12. The van der Waals surface area contributed by atoms with Gasteiger partial charge in [0.2, 0.25) is 0 Å². The molecule has 1 aliphatic rings. The monoisotopic (exact) mass is 582 g/mol. The number of carbonyl (C=O) groups excluding carboxylic acids is 1. The number of amidine groups is 1. The number of allylic oxidation sites excluding steroid dienone is 1. The summed E-state index contributed by atoms with van der Waals surface area (Å²) in [6.45, 7) is 8.72. The van der Waals surface area contributed by atoms with Crippen molar-refractivity contribution < 1.29 is 13.7 Å². The Kier molecular flexibility index (Phi) is 11.9. The highest BCUT2D eigenvalue weighted by molar-refractivity contribution is 7.85. The first kappa shape index (κ1) is 31.9. The summed E-state index contributed by atoms with van der Waals surface area (Å²) in [5.74, 6) is 1.37. The molecule has 2 aromatic heterocycles. The van der Waals surface area contributed by atoms with Gasteiger partial charge in [-0.2, -0.15) is 0 Å². The topological polar surface area (TPSA) is 148 Å². The number of methoxy groups -OCH3 is 1. The molecular formula is C29H42N8O3S. The molecule has 0 saturated heterocycles. The van der Waals surface area contributed by atoms with E-state index in [9.17, 15) is 9.00 Å². The van der Waals surface area contributed by atoms with Gasteiger partial charge in [-0.05, 0) is 44.7 Å². The van der Waals surface area contributed by atoms with Gasteiger partial charge >= 0.3 is 0 Å². The Morgan fingerprint density at radius 2 is 1.80 bits per heavy atom. The third-order valence-electron chi connectivity index (χ3n) is 6.89. The van der Waals surface area contributed by atoms with Gasteiger partial charge in [0.15, 0.2) is 17.5 Å². The van der Waals surface area contributed by atoms with Gasteiger partial charge in [0.05, 0.1) is 64.4 Å². The summed E-state index contributed by atoms with van der Waals surface area (Å²) in [6.07, 6.45) is 8.50. The fourth-order valence-electron chi connectivity index (χ4n) is 4.35. The Labute approximate surface area is 245 Å². The molecule has 3 N–H and O–H groups in total. The van der Waals surface area contributed by atoms with Gasteiger partial charge in [-0.3, -0.25) is 24.0 Å². The third kappa shape index (κ3) is 8.42. The predicted octanol–water partition coefficient (Wildman–Crippen LogP) is 3.80. The van der Waals surface area contributed by atoms with Crippen molar-refractivity contribution in [3.63, 3.8) is 0 Å². The number of anilines is 1. The van der Waals surface area contributed by atoms with Crippen LogP contribution in [0.4, 0.5) is 5.69 Å². The van der Waals surface area contributed by atoms with Crippen LogP contribution in [-0.2, 0) is 26.9 Å². The predicted molar refractivity (Wildman–Crippen MR) is 164 cm³/mol. The lowest BCUT2D eigenvalue weighted by Crippen LogP contribution is -2.43. The number of hydrogen-bond donors (Lipinski definition) is 2. The quantitative estimate of drug-likeness (QED) is 0.206. The first-order valence-corrected chi connectivity index (χ1v) is 15.4. The second kappa shape index (κ2) is 15.4. The highest BCUT2D eigenvalue weighted by Gasteiger charge is 2.33. The van der Waals surface area contributed by atoms with Gasteiger partial charge in [0.25, 0.3) is 5.91 Å². The lowest BCUT2D eigenvalue weighted by atomic mass is 10.1. The van der Waals surface area contributed by atoms with E-state index in [2.05, 4.69) is 44.1 Å². The molecule has 222 valence electrons. The summed E-state index contributed by atoms with van der Waals surface area (Å²) in [6, 6.07) is 3.63. The Balaban J connectivity index is 1.90. The van der Waals surface area contributed by atoms with Crippen LogP contribution in [0, 0.1) is 5.92 Å².